The molecule has 0 spiro atoms. The first-order chi connectivity index (χ1) is 15.0. The number of nitrogens with zero attached hydrogens (tertiary/aromatic N) is 1. The molecule has 6 heteroatoms. The molecule has 0 fully saturated rings. The second-order valence-corrected chi connectivity index (χ2v) is 7.85. The molecule has 4 rings (SSSR count). The minimum atomic E-state index is -0.337. The van der Waals surface area contributed by atoms with Gasteiger partial charge in [-0.15, -0.1) is 0 Å². The van der Waals surface area contributed by atoms with E-state index < -0.39 is 0 Å². The van der Waals surface area contributed by atoms with Crippen LogP contribution in [0.3, 0.4) is 0 Å². The summed E-state index contributed by atoms with van der Waals surface area (Å²) in [5.74, 6) is 1.02. The number of aromatic nitrogens is 1. The molecule has 31 heavy (non-hydrogen) atoms. The average Bonchev–Trinajstić information content (AvgIpc) is 3.06. The Balaban J connectivity index is 2.03. The van der Waals surface area contributed by atoms with E-state index in [4.69, 9.17) is 25.8 Å². The molecule has 1 aliphatic rings. The van der Waals surface area contributed by atoms with Gasteiger partial charge in [0.1, 0.15) is 0 Å². The van der Waals surface area contributed by atoms with Crippen LogP contribution in [0.2, 0.25) is 5.02 Å². The number of rotatable bonds is 6. The van der Waals surface area contributed by atoms with E-state index in [2.05, 4.69) is 4.57 Å². The molecule has 0 atom stereocenters. The van der Waals surface area contributed by atoms with Crippen LogP contribution in [0, 0.1) is 6.92 Å². The highest BCUT2D eigenvalue weighted by Gasteiger charge is 2.32. The van der Waals surface area contributed by atoms with Crippen molar-refractivity contribution in [2.75, 3.05) is 20.3 Å². The van der Waals surface area contributed by atoms with E-state index in [9.17, 15) is 4.79 Å². The van der Waals surface area contributed by atoms with Crippen LogP contribution < -0.4 is 9.47 Å². The molecule has 0 radical (unpaired) electrons. The maximum Gasteiger partial charge on any atom is 0.340 e. The van der Waals surface area contributed by atoms with Crippen LogP contribution in [0.4, 0.5) is 0 Å². The Bertz CT molecular complexity index is 1150. The monoisotopic (exact) mass is 439 g/mol. The minimum absolute atomic E-state index is 0.303. The van der Waals surface area contributed by atoms with Crippen LogP contribution in [0.1, 0.15) is 35.5 Å². The van der Waals surface area contributed by atoms with E-state index in [-0.39, 0.29) is 5.97 Å². The first-order valence-corrected chi connectivity index (χ1v) is 10.9. The molecule has 1 aromatic heterocycles. The van der Waals surface area contributed by atoms with Crippen molar-refractivity contribution in [3.8, 4) is 33.9 Å². The fraction of sp³-hybridized carbons (Fsp3) is 0.320. The fourth-order valence-corrected chi connectivity index (χ4v) is 4.58. The predicted molar refractivity (Wildman–Crippen MR) is 122 cm³/mol. The number of hydrogen-bond donors (Lipinski definition) is 0. The number of carbonyl (C=O) groups is 1. The number of methoxy groups -OCH3 is 1. The summed E-state index contributed by atoms with van der Waals surface area (Å²) in [5, 5.41) is 0.625. The van der Waals surface area contributed by atoms with Gasteiger partial charge in [0, 0.05) is 28.4 Å². The number of halogens is 1. The largest absolute Gasteiger partial charge is 0.493 e. The smallest absolute Gasteiger partial charge is 0.340 e. The number of esters is 1. The third-order valence-corrected chi connectivity index (χ3v) is 5.90. The highest BCUT2D eigenvalue weighted by Crippen LogP contribution is 2.45. The van der Waals surface area contributed by atoms with Crippen molar-refractivity contribution in [2.45, 2.75) is 33.7 Å². The van der Waals surface area contributed by atoms with E-state index in [1.165, 1.54) is 0 Å². The Morgan fingerprint density at radius 3 is 2.61 bits per heavy atom. The molecule has 162 valence electrons. The zero-order valence-corrected chi connectivity index (χ0v) is 19.0. The predicted octanol–water partition coefficient (Wildman–Crippen LogP) is 5.92. The van der Waals surface area contributed by atoms with E-state index in [0.29, 0.717) is 35.3 Å². The minimum Gasteiger partial charge on any atom is -0.493 e. The van der Waals surface area contributed by atoms with Gasteiger partial charge in [-0.25, -0.2) is 4.79 Å². The van der Waals surface area contributed by atoms with E-state index in [1.807, 2.05) is 57.2 Å². The van der Waals surface area contributed by atoms with Crippen molar-refractivity contribution < 1.29 is 19.0 Å². The molecule has 3 aromatic rings. The van der Waals surface area contributed by atoms with Crippen molar-refractivity contribution in [3.63, 3.8) is 0 Å². The van der Waals surface area contributed by atoms with Crippen LogP contribution in [-0.4, -0.2) is 30.9 Å². The normalized spacial score (nSPS) is 12.2. The summed E-state index contributed by atoms with van der Waals surface area (Å²) in [5.41, 5.74) is 6.28. The molecule has 0 aliphatic carbocycles. The van der Waals surface area contributed by atoms with Crippen LogP contribution in [-0.2, 0) is 17.7 Å². The Morgan fingerprint density at radius 1 is 1.13 bits per heavy atom. The van der Waals surface area contributed by atoms with Crippen LogP contribution in [0.5, 0.6) is 11.5 Å². The molecule has 0 saturated carbocycles. The first kappa shape index (κ1) is 21.3. The topological polar surface area (TPSA) is 49.7 Å². The van der Waals surface area contributed by atoms with Gasteiger partial charge >= 0.3 is 5.97 Å². The lowest BCUT2D eigenvalue weighted by Gasteiger charge is -2.23. The molecule has 0 unspecified atom stereocenters. The first-order valence-electron chi connectivity index (χ1n) is 10.5. The van der Waals surface area contributed by atoms with Crippen molar-refractivity contribution in [3.05, 3.63) is 58.2 Å². The lowest BCUT2D eigenvalue weighted by molar-refractivity contribution is 0.0528. The van der Waals surface area contributed by atoms with Gasteiger partial charge in [0.15, 0.2) is 11.5 Å². The summed E-state index contributed by atoms with van der Waals surface area (Å²) < 4.78 is 19.1. The Morgan fingerprint density at radius 2 is 1.94 bits per heavy atom. The SMILES string of the molecule is CCOC(=O)c1c(-c2cccc(Cl)c2)c(C)n2c1-c1cc(OCC)c(OC)cc1CC2. The highest BCUT2D eigenvalue weighted by molar-refractivity contribution is 6.30. The number of carbonyl (C=O) groups excluding carboxylic acids is 1. The third kappa shape index (κ3) is 3.68. The van der Waals surface area contributed by atoms with Gasteiger partial charge in [-0.05, 0) is 62.6 Å². The van der Waals surface area contributed by atoms with Crippen molar-refractivity contribution in [1.29, 1.82) is 0 Å². The van der Waals surface area contributed by atoms with Crippen molar-refractivity contribution >= 4 is 17.6 Å². The van der Waals surface area contributed by atoms with Gasteiger partial charge in [0.2, 0.25) is 0 Å². The van der Waals surface area contributed by atoms with Gasteiger partial charge in [-0.2, -0.15) is 0 Å². The second-order valence-electron chi connectivity index (χ2n) is 7.41. The summed E-state index contributed by atoms with van der Waals surface area (Å²) >= 11 is 6.28. The third-order valence-electron chi connectivity index (χ3n) is 5.67. The molecule has 5 nitrogen and oxygen atoms in total. The number of ether oxygens (including phenoxy) is 3. The quantitative estimate of drug-likeness (QED) is 0.447. The van der Waals surface area contributed by atoms with Crippen LogP contribution >= 0.6 is 11.6 Å². The summed E-state index contributed by atoms with van der Waals surface area (Å²) in [4.78, 5) is 13.2. The van der Waals surface area contributed by atoms with Gasteiger partial charge < -0.3 is 18.8 Å². The molecule has 0 N–H and O–H groups in total. The van der Waals surface area contributed by atoms with Crippen LogP contribution in [0.15, 0.2) is 36.4 Å². The number of benzene rings is 2. The van der Waals surface area contributed by atoms with E-state index in [0.717, 1.165) is 46.6 Å². The maximum atomic E-state index is 13.2. The fourth-order valence-electron chi connectivity index (χ4n) is 4.39. The Kier molecular flexibility index (Phi) is 5.96. The molecular weight excluding hydrogens is 414 g/mol. The average molecular weight is 440 g/mol. The summed E-state index contributed by atoms with van der Waals surface area (Å²) in [6.07, 6.45) is 0.831. The Labute approximate surface area is 187 Å². The van der Waals surface area contributed by atoms with Crippen molar-refractivity contribution in [1.82, 2.24) is 4.57 Å². The molecular formula is C25H26ClNO4. The van der Waals surface area contributed by atoms with Gasteiger partial charge in [0.05, 0.1) is 31.6 Å². The molecule has 2 aromatic carbocycles. The standard InChI is InChI=1S/C25H26ClNO4/c1-5-30-21-14-19-16(13-20(21)29-4)10-11-27-15(3)22(17-8-7-9-18(26)12-17)23(24(19)27)25(28)31-6-2/h7-9,12-14H,5-6,10-11H2,1-4H3. The Hall–Kier alpha value is -2.92. The molecule has 0 amide bonds. The lowest BCUT2D eigenvalue weighted by atomic mass is 9.93. The van der Waals surface area contributed by atoms with Gasteiger partial charge in [-0.3, -0.25) is 0 Å². The zero-order chi connectivity index (χ0) is 22.1. The van der Waals surface area contributed by atoms with Crippen molar-refractivity contribution in [2.24, 2.45) is 0 Å². The number of hydrogen-bond acceptors (Lipinski definition) is 4. The highest BCUT2D eigenvalue weighted by atomic mass is 35.5. The number of fused-ring (bicyclic) bond motifs is 3. The summed E-state index contributed by atoms with van der Waals surface area (Å²) in [7, 11) is 1.64. The van der Waals surface area contributed by atoms with Gasteiger partial charge in [-0.1, -0.05) is 23.7 Å². The maximum absolute atomic E-state index is 13.2. The lowest BCUT2D eigenvalue weighted by Crippen LogP contribution is -2.15. The van der Waals surface area contributed by atoms with Gasteiger partial charge in [0.25, 0.3) is 0 Å². The molecule has 2 heterocycles. The summed E-state index contributed by atoms with van der Waals surface area (Å²) in [6, 6.07) is 11.6. The zero-order valence-electron chi connectivity index (χ0n) is 18.3. The molecule has 0 saturated heterocycles. The summed E-state index contributed by atoms with van der Waals surface area (Å²) in [6.45, 7) is 7.38. The van der Waals surface area contributed by atoms with E-state index >= 15 is 0 Å². The second kappa shape index (κ2) is 8.67. The van der Waals surface area contributed by atoms with Crippen LogP contribution in [0.25, 0.3) is 22.4 Å². The molecule has 1 aliphatic heterocycles. The molecule has 0 bridgehead atoms. The van der Waals surface area contributed by atoms with E-state index in [1.54, 1.807) is 7.11 Å². The number of aryl methyl sites for hydroxylation is 1.